The van der Waals surface area contributed by atoms with E-state index in [2.05, 4.69) is 0 Å². The van der Waals surface area contributed by atoms with E-state index in [0.717, 1.165) is 5.56 Å². The van der Waals surface area contributed by atoms with Crippen LogP contribution in [-0.4, -0.2) is 12.5 Å². The largest absolute Gasteiger partial charge is 0.397 e. The van der Waals surface area contributed by atoms with Crippen LogP contribution in [0.2, 0.25) is 0 Å². The lowest BCUT2D eigenvalue weighted by Crippen LogP contribution is -2.32. The lowest BCUT2D eigenvalue weighted by molar-refractivity contribution is -0.117. The molecule has 0 aromatic heterocycles. The van der Waals surface area contributed by atoms with Crippen LogP contribution in [0.25, 0.3) is 0 Å². The Hall–Kier alpha value is -2.36. The Morgan fingerprint density at radius 2 is 1.80 bits per heavy atom. The van der Waals surface area contributed by atoms with Crippen LogP contribution in [0.4, 0.5) is 15.8 Å². The fraction of sp³-hybridized carbons (Fsp3) is 0.188. The first kappa shape index (κ1) is 14.1. The van der Waals surface area contributed by atoms with Crippen LogP contribution in [0.5, 0.6) is 0 Å². The van der Waals surface area contributed by atoms with E-state index in [-0.39, 0.29) is 18.1 Å². The number of para-hydroxylation sites is 2. The second-order valence-corrected chi connectivity index (χ2v) is 4.50. The minimum atomic E-state index is -0.305. The van der Waals surface area contributed by atoms with Gasteiger partial charge in [0.2, 0.25) is 5.91 Å². The normalized spacial score (nSPS) is 10.3. The fourth-order valence-corrected chi connectivity index (χ4v) is 2.09. The fourth-order valence-electron chi connectivity index (χ4n) is 2.09. The van der Waals surface area contributed by atoms with Gasteiger partial charge in [-0.2, -0.15) is 0 Å². The summed E-state index contributed by atoms with van der Waals surface area (Å²) in [4.78, 5) is 14.0. The minimum Gasteiger partial charge on any atom is -0.397 e. The van der Waals surface area contributed by atoms with Crippen LogP contribution in [0, 0.1) is 5.82 Å². The number of amides is 1. The summed E-state index contributed by atoms with van der Waals surface area (Å²) >= 11 is 0. The van der Waals surface area contributed by atoms with E-state index in [1.54, 1.807) is 23.1 Å². The van der Waals surface area contributed by atoms with Crippen LogP contribution in [-0.2, 0) is 11.2 Å². The second kappa shape index (κ2) is 6.19. The average Bonchev–Trinajstić information content (AvgIpc) is 2.44. The van der Waals surface area contributed by atoms with Crippen LogP contribution in [0.3, 0.4) is 0 Å². The number of rotatable bonds is 4. The van der Waals surface area contributed by atoms with E-state index in [1.807, 2.05) is 25.1 Å². The van der Waals surface area contributed by atoms with Gasteiger partial charge >= 0.3 is 0 Å². The van der Waals surface area contributed by atoms with Gasteiger partial charge in [0.05, 0.1) is 17.8 Å². The molecule has 0 aliphatic heterocycles. The molecular weight excluding hydrogens is 255 g/mol. The first-order valence-corrected chi connectivity index (χ1v) is 6.51. The summed E-state index contributed by atoms with van der Waals surface area (Å²) in [5, 5.41) is 0. The monoisotopic (exact) mass is 272 g/mol. The zero-order valence-corrected chi connectivity index (χ0v) is 11.3. The van der Waals surface area contributed by atoms with Crippen molar-refractivity contribution in [3.63, 3.8) is 0 Å². The smallest absolute Gasteiger partial charge is 0.231 e. The highest BCUT2D eigenvalue weighted by atomic mass is 19.1. The number of benzene rings is 2. The van der Waals surface area contributed by atoms with Crippen molar-refractivity contribution in [1.29, 1.82) is 0 Å². The first-order valence-electron chi connectivity index (χ1n) is 6.51. The summed E-state index contributed by atoms with van der Waals surface area (Å²) in [6, 6.07) is 13.2. The molecule has 0 saturated carbocycles. The predicted molar refractivity (Wildman–Crippen MR) is 79.0 cm³/mol. The average molecular weight is 272 g/mol. The van der Waals surface area contributed by atoms with Crippen molar-refractivity contribution in [3.8, 4) is 0 Å². The molecule has 0 bridgehead atoms. The zero-order chi connectivity index (χ0) is 14.5. The van der Waals surface area contributed by atoms with Crippen molar-refractivity contribution in [1.82, 2.24) is 0 Å². The highest BCUT2D eigenvalue weighted by Crippen LogP contribution is 2.23. The SMILES string of the molecule is CCN(C(=O)Cc1ccc(F)cc1)c1ccccc1N. The van der Waals surface area contributed by atoms with Gasteiger partial charge in [0, 0.05) is 6.54 Å². The Balaban J connectivity index is 2.18. The quantitative estimate of drug-likeness (QED) is 0.870. The standard InChI is InChI=1S/C16H17FN2O/c1-2-19(15-6-4-3-5-14(15)18)16(20)11-12-7-9-13(17)10-8-12/h3-10H,2,11,18H2,1H3. The molecule has 0 aliphatic carbocycles. The van der Waals surface area contributed by atoms with Gasteiger partial charge in [-0.15, -0.1) is 0 Å². The zero-order valence-electron chi connectivity index (χ0n) is 11.3. The Kier molecular flexibility index (Phi) is 4.35. The molecule has 104 valence electrons. The predicted octanol–water partition coefficient (Wildman–Crippen LogP) is 3.00. The first-order chi connectivity index (χ1) is 9.61. The maximum Gasteiger partial charge on any atom is 0.231 e. The molecule has 0 radical (unpaired) electrons. The van der Waals surface area contributed by atoms with Gasteiger partial charge in [-0.25, -0.2) is 4.39 Å². The number of carbonyl (C=O) groups is 1. The van der Waals surface area contributed by atoms with Gasteiger partial charge in [0.15, 0.2) is 0 Å². The Bertz CT molecular complexity index is 596. The van der Waals surface area contributed by atoms with Crippen molar-refractivity contribution in [2.75, 3.05) is 17.2 Å². The van der Waals surface area contributed by atoms with Gasteiger partial charge in [-0.3, -0.25) is 4.79 Å². The van der Waals surface area contributed by atoms with Crippen molar-refractivity contribution in [3.05, 3.63) is 59.9 Å². The number of halogens is 1. The molecule has 0 atom stereocenters. The molecule has 2 N–H and O–H groups in total. The van der Waals surface area contributed by atoms with E-state index in [0.29, 0.717) is 17.9 Å². The lowest BCUT2D eigenvalue weighted by Gasteiger charge is -2.22. The third kappa shape index (κ3) is 3.15. The van der Waals surface area contributed by atoms with E-state index in [9.17, 15) is 9.18 Å². The molecule has 20 heavy (non-hydrogen) atoms. The third-order valence-electron chi connectivity index (χ3n) is 3.11. The van der Waals surface area contributed by atoms with Crippen LogP contribution < -0.4 is 10.6 Å². The Labute approximate surface area is 117 Å². The number of hydrogen-bond donors (Lipinski definition) is 1. The number of carbonyl (C=O) groups excluding carboxylic acids is 1. The van der Waals surface area contributed by atoms with E-state index in [4.69, 9.17) is 5.73 Å². The summed E-state index contributed by atoms with van der Waals surface area (Å²) in [7, 11) is 0. The van der Waals surface area contributed by atoms with Crippen LogP contribution in [0.1, 0.15) is 12.5 Å². The number of nitrogens with zero attached hydrogens (tertiary/aromatic N) is 1. The summed E-state index contributed by atoms with van der Waals surface area (Å²) in [5.74, 6) is -0.363. The molecule has 0 fully saturated rings. The molecule has 0 saturated heterocycles. The number of anilines is 2. The van der Waals surface area contributed by atoms with Gasteiger partial charge < -0.3 is 10.6 Å². The molecular formula is C16H17FN2O. The number of likely N-dealkylation sites (N-methyl/N-ethyl adjacent to an activating group) is 1. The van der Waals surface area contributed by atoms with Crippen LogP contribution in [0.15, 0.2) is 48.5 Å². The summed E-state index contributed by atoms with van der Waals surface area (Å²) in [6.45, 7) is 2.43. The third-order valence-corrected chi connectivity index (χ3v) is 3.11. The summed E-state index contributed by atoms with van der Waals surface area (Å²) in [5.41, 5.74) is 7.97. The second-order valence-electron chi connectivity index (χ2n) is 4.50. The van der Waals surface area contributed by atoms with Gasteiger partial charge in [0.25, 0.3) is 0 Å². The van der Waals surface area contributed by atoms with E-state index in [1.165, 1.54) is 12.1 Å². The molecule has 0 spiro atoms. The van der Waals surface area contributed by atoms with E-state index < -0.39 is 0 Å². The highest BCUT2D eigenvalue weighted by Gasteiger charge is 2.16. The Morgan fingerprint density at radius 1 is 1.15 bits per heavy atom. The van der Waals surface area contributed by atoms with Crippen molar-refractivity contribution in [2.45, 2.75) is 13.3 Å². The van der Waals surface area contributed by atoms with Crippen molar-refractivity contribution in [2.24, 2.45) is 0 Å². The maximum atomic E-state index is 12.9. The number of hydrogen-bond acceptors (Lipinski definition) is 2. The summed E-state index contributed by atoms with van der Waals surface area (Å²) in [6.07, 6.45) is 0.225. The molecule has 4 heteroatoms. The molecule has 0 aliphatic rings. The summed E-state index contributed by atoms with van der Waals surface area (Å²) < 4.78 is 12.9. The highest BCUT2D eigenvalue weighted by molar-refractivity contribution is 5.97. The van der Waals surface area contributed by atoms with Crippen molar-refractivity contribution >= 4 is 17.3 Å². The van der Waals surface area contributed by atoms with Gasteiger partial charge in [-0.1, -0.05) is 24.3 Å². The van der Waals surface area contributed by atoms with Crippen molar-refractivity contribution < 1.29 is 9.18 Å². The van der Waals surface area contributed by atoms with Crippen LogP contribution >= 0.6 is 0 Å². The Morgan fingerprint density at radius 3 is 2.40 bits per heavy atom. The number of nitrogens with two attached hydrogens (primary N) is 1. The minimum absolute atomic E-state index is 0.0583. The number of nitrogen functional groups attached to an aromatic ring is 1. The lowest BCUT2D eigenvalue weighted by atomic mass is 10.1. The molecule has 1 amide bonds. The van der Waals surface area contributed by atoms with E-state index >= 15 is 0 Å². The molecule has 2 aromatic carbocycles. The molecule has 2 aromatic rings. The molecule has 2 rings (SSSR count). The molecule has 0 heterocycles. The van der Waals surface area contributed by atoms with Gasteiger partial charge in [-0.05, 0) is 36.8 Å². The maximum absolute atomic E-state index is 12.9. The topological polar surface area (TPSA) is 46.3 Å². The molecule has 0 unspecified atom stereocenters. The van der Waals surface area contributed by atoms with Gasteiger partial charge in [0.1, 0.15) is 5.82 Å². The molecule has 3 nitrogen and oxygen atoms in total.